The second kappa shape index (κ2) is 6.80. The minimum atomic E-state index is -0.565. The van der Waals surface area contributed by atoms with E-state index in [2.05, 4.69) is 0 Å². The molecule has 0 aliphatic carbocycles. The van der Waals surface area contributed by atoms with Gasteiger partial charge in [0.1, 0.15) is 23.6 Å². The minimum Gasteiger partial charge on any atom is -0.507 e. The van der Waals surface area contributed by atoms with Crippen LogP contribution in [0.3, 0.4) is 0 Å². The van der Waals surface area contributed by atoms with Gasteiger partial charge in [0.2, 0.25) is 11.2 Å². The van der Waals surface area contributed by atoms with E-state index in [0.29, 0.717) is 28.6 Å². The van der Waals surface area contributed by atoms with Crippen molar-refractivity contribution in [3.8, 4) is 17.2 Å². The van der Waals surface area contributed by atoms with Crippen molar-refractivity contribution in [2.75, 3.05) is 14.1 Å². The molecule has 2 aromatic carbocycles. The lowest BCUT2D eigenvalue weighted by atomic mass is 10.0. The van der Waals surface area contributed by atoms with Gasteiger partial charge in [-0.25, -0.2) is 4.39 Å². The molecule has 26 heavy (non-hydrogen) atoms. The van der Waals surface area contributed by atoms with Crippen LogP contribution in [0.15, 0.2) is 39.5 Å². The number of phenols is 1. The fourth-order valence-corrected chi connectivity index (χ4v) is 2.91. The van der Waals surface area contributed by atoms with Gasteiger partial charge in [-0.05, 0) is 32.0 Å². The summed E-state index contributed by atoms with van der Waals surface area (Å²) in [7, 11) is 3.90. The van der Waals surface area contributed by atoms with Crippen LogP contribution in [0.2, 0.25) is 0 Å². The van der Waals surface area contributed by atoms with Crippen LogP contribution < -0.4 is 15.1 Å². The SMILES string of the molecule is Cc1oc2c(C)c(O)c(C[NH+](C)C)cc2c(=O)c1Oc1ccccc1F. The summed E-state index contributed by atoms with van der Waals surface area (Å²) in [6.07, 6.45) is 0. The molecule has 0 saturated heterocycles. The van der Waals surface area contributed by atoms with Crippen molar-refractivity contribution in [2.24, 2.45) is 0 Å². The normalized spacial score (nSPS) is 11.3. The van der Waals surface area contributed by atoms with Crippen LogP contribution in [0.4, 0.5) is 4.39 Å². The van der Waals surface area contributed by atoms with Crippen molar-refractivity contribution in [2.45, 2.75) is 20.4 Å². The van der Waals surface area contributed by atoms with E-state index in [1.807, 2.05) is 14.1 Å². The van der Waals surface area contributed by atoms with Crippen LogP contribution in [0.25, 0.3) is 11.0 Å². The fraction of sp³-hybridized carbons (Fsp3) is 0.250. The predicted molar refractivity (Wildman–Crippen MR) is 96.6 cm³/mol. The van der Waals surface area contributed by atoms with Gasteiger partial charge in [-0.1, -0.05) is 12.1 Å². The van der Waals surface area contributed by atoms with Gasteiger partial charge < -0.3 is 19.2 Å². The number of halogens is 1. The average Bonchev–Trinajstić information content (AvgIpc) is 2.58. The van der Waals surface area contributed by atoms with E-state index in [-0.39, 0.29) is 23.0 Å². The Kier molecular flexibility index (Phi) is 4.70. The highest BCUT2D eigenvalue weighted by molar-refractivity contribution is 5.84. The number of ether oxygens (including phenoxy) is 1. The van der Waals surface area contributed by atoms with Gasteiger partial charge in [0.15, 0.2) is 11.6 Å². The number of benzene rings is 2. The first kappa shape index (κ1) is 17.9. The molecule has 3 aromatic rings. The zero-order valence-electron chi connectivity index (χ0n) is 15.1. The molecule has 6 heteroatoms. The first-order valence-corrected chi connectivity index (χ1v) is 8.30. The Bertz CT molecular complexity index is 1040. The zero-order valence-corrected chi connectivity index (χ0v) is 15.1. The molecule has 0 saturated carbocycles. The molecule has 0 amide bonds. The highest BCUT2D eigenvalue weighted by Crippen LogP contribution is 2.33. The third-order valence-corrected chi connectivity index (χ3v) is 4.18. The fourth-order valence-electron chi connectivity index (χ4n) is 2.91. The Hall–Kier alpha value is -2.86. The number of hydrogen-bond acceptors (Lipinski definition) is 4. The first-order valence-electron chi connectivity index (χ1n) is 8.30. The smallest absolute Gasteiger partial charge is 0.235 e. The predicted octanol–water partition coefficient (Wildman–Crippen LogP) is 2.69. The van der Waals surface area contributed by atoms with E-state index in [9.17, 15) is 14.3 Å². The van der Waals surface area contributed by atoms with Crippen LogP contribution in [-0.4, -0.2) is 19.2 Å². The maximum absolute atomic E-state index is 13.9. The number of aryl methyl sites for hydroxylation is 2. The van der Waals surface area contributed by atoms with Gasteiger partial charge in [0.25, 0.3) is 0 Å². The summed E-state index contributed by atoms with van der Waals surface area (Å²) in [6, 6.07) is 7.48. The van der Waals surface area contributed by atoms with E-state index in [1.165, 1.54) is 12.1 Å². The molecule has 0 atom stereocenters. The maximum atomic E-state index is 13.9. The lowest BCUT2D eigenvalue weighted by Crippen LogP contribution is -3.04. The summed E-state index contributed by atoms with van der Waals surface area (Å²) in [4.78, 5) is 14.1. The lowest BCUT2D eigenvalue weighted by molar-refractivity contribution is -0.872. The molecule has 2 N–H and O–H groups in total. The quantitative estimate of drug-likeness (QED) is 0.753. The van der Waals surface area contributed by atoms with Crippen molar-refractivity contribution in [1.82, 2.24) is 0 Å². The molecule has 0 spiro atoms. The molecule has 3 rings (SSSR count). The Labute approximate surface area is 150 Å². The van der Waals surface area contributed by atoms with Gasteiger partial charge >= 0.3 is 0 Å². The number of nitrogens with one attached hydrogen (secondary N) is 1. The molecule has 1 heterocycles. The molecule has 0 unspecified atom stereocenters. The van der Waals surface area contributed by atoms with Gasteiger partial charge in [-0.3, -0.25) is 4.79 Å². The monoisotopic (exact) mass is 358 g/mol. The second-order valence-corrected chi connectivity index (χ2v) is 6.62. The molecule has 0 bridgehead atoms. The molecular formula is C20H21FNO4+. The van der Waals surface area contributed by atoms with E-state index in [0.717, 1.165) is 4.90 Å². The molecule has 0 aliphatic rings. The Balaban J connectivity index is 2.22. The van der Waals surface area contributed by atoms with Crippen LogP contribution in [0, 0.1) is 19.7 Å². The first-order chi connectivity index (χ1) is 12.3. The van der Waals surface area contributed by atoms with E-state index in [1.54, 1.807) is 32.0 Å². The Morgan fingerprint density at radius 3 is 2.58 bits per heavy atom. The molecule has 5 nitrogen and oxygen atoms in total. The zero-order chi connectivity index (χ0) is 19.0. The molecule has 1 aromatic heterocycles. The number of phenolic OH excluding ortho intramolecular Hbond substituents is 1. The van der Waals surface area contributed by atoms with Crippen LogP contribution in [-0.2, 0) is 6.54 Å². The number of hydrogen-bond donors (Lipinski definition) is 2. The van der Waals surface area contributed by atoms with Crippen molar-refractivity contribution in [3.63, 3.8) is 0 Å². The highest BCUT2D eigenvalue weighted by Gasteiger charge is 2.20. The van der Waals surface area contributed by atoms with Crippen molar-refractivity contribution in [1.29, 1.82) is 0 Å². The third kappa shape index (κ3) is 3.15. The van der Waals surface area contributed by atoms with Crippen molar-refractivity contribution in [3.05, 3.63) is 63.3 Å². The van der Waals surface area contributed by atoms with E-state index >= 15 is 0 Å². The highest BCUT2D eigenvalue weighted by atomic mass is 19.1. The Morgan fingerprint density at radius 1 is 1.23 bits per heavy atom. The van der Waals surface area contributed by atoms with E-state index in [4.69, 9.17) is 9.15 Å². The number of rotatable bonds is 4. The number of aromatic hydroxyl groups is 1. The molecular weight excluding hydrogens is 337 g/mol. The maximum Gasteiger partial charge on any atom is 0.235 e. The molecule has 0 aliphatic heterocycles. The average molecular weight is 358 g/mol. The summed E-state index contributed by atoms with van der Waals surface area (Å²) < 4.78 is 25.1. The summed E-state index contributed by atoms with van der Waals surface area (Å²) in [5.41, 5.74) is 1.05. The molecule has 136 valence electrons. The van der Waals surface area contributed by atoms with Gasteiger partial charge in [0, 0.05) is 11.1 Å². The van der Waals surface area contributed by atoms with E-state index < -0.39 is 11.2 Å². The number of fused-ring (bicyclic) bond motifs is 1. The number of quaternary nitrogens is 1. The van der Waals surface area contributed by atoms with Crippen molar-refractivity contribution >= 4 is 11.0 Å². The third-order valence-electron chi connectivity index (χ3n) is 4.18. The minimum absolute atomic E-state index is 0.0456. The number of para-hydroxylation sites is 1. The van der Waals surface area contributed by atoms with Crippen LogP contribution in [0.5, 0.6) is 17.2 Å². The van der Waals surface area contributed by atoms with Crippen LogP contribution in [0.1, 0.15) is 16.9 Å². The molecule has 0 fully saturated rings. The lowest BCUT2D eigenvalue weighted by Gasteiger charge is -2.14. The standard InChI is InChI=1S/C20H20FNO4/c1-11-17(23)13(10-22(3)4)9-14-18(24)20(12(2)25-19(11)14)26-16-8-6-5-7-15(16)21/h5-9,23H,10H2,1-4H3/p+1. The summed E-state index contributed by atoms with van der Waals surface area (Å²) in [5, 5.41) is 10.7. The summed E-state index contributed by atoms with van der Waals surface area (Å²) in [6.45, 7) is 3.82. The summed E-state index contributed by atoms with van der Waals surface area (Å²) >= 11 is 0. The molecule has 0 radical (unpaired) electrons. The summed E-state index contributed by atoms with van der Waals surface area (Å²) in [5.74, 6) is -0.333. The topological polar surface area (TPSA) is 64.1 Å². The van der Waals surface area contributed by atoms with Gasteiger partial charge in [0.05, 0.1) is 19.5 Å². The van der Waals surface area contributed by atoms with Crippen LogP contribution >= 0.6 is 0 Å². The largest absolute Gasteiger partial charge is 0.507 e. The van der Waals surface area contributed by atoms with Gasteiger partial charge in [-0.15, -0.1) is 0 Å². The second-order valence-electron chi connectivity index (χ2n) is 6.62. The van der Waals surface area contributed by atoms with Crippen molar-refractivity contribution < 1.29 is 23.6 Å². The van der Waals surface area contributed by atoms with Gasteiger partial charge in [-0.2, -0.15) is 0 Å². The Morgan fingerprint density at radius 2 is 1.92 bits per heavy atom.